The Labute approximate surface area is 239 Å². The summed E-state index contributed by atoms with van der Waals surface area (Å²) in [7, 11) is 0. The van der Waals surface area contributed by atoms with E-state index < -0.39 is 17.5 Å². The van der Waals surface area contributed by atoms with E-state index >= 15 is 0 Å². The molecule has 1 aliphatic carbocycles. The number of ether oxygens (including phenoxy) is 1. The van der Waals surface area contributed by atoms with Crippen molar-refractivity contribution in [2.45, 2.75) is 90.0 Å². The molecule has 5 rings (SSSR count). The van der Waals surface area contributed by atoms with Crippen LogP contribution in [0.15, 0.2) is 48.5 Å². The topological polar surface area (TPSA) is 76.5 Å². The average molecular weight is 565 g/mol. The van der Waals surface area contributed by atoms with Crippen LogP contribution in [0.4, 0.5) is 14.6 Å². The number of aromatic nitrogens is 2. The van der Waals surface area contributed by atoms with E-state index in [2.05, 4.69) is 5.32 Å². The van der Waals surface area contributed by atoms with E-state index in [1.807, 2.05) is 41.8 Å². The molecule has 0 bridgehead atoms. The van der Waals surface area contributed by atoms with E-state index in [1.165, 1.54) is 11.0 Å². The molecule has 0 spiro atoms. The van der Waals surface area contributed by atoms with Gasteiger partial charge in [-0.2, -0.15) is 0 Å². The second-order valence-electron chi connectivity index (χ2n) is 10.9. The minimum Gasteiger partial charge on any atom is -0.371 e. The maximum absolute atomic E-state index is 14.1. The van der Waals surface area contributed by atoms with Crippen LogP contribution in [-0.4, -0.2) is 40.1 Å². The lowest BCUT2D eigenvalue weighted by atomic mass is 9.92. The summed E-state index contributed by atoms with van der Waals surface area (Å²) in [4.78, 5) is 34.0. The maximum atomic E-state index is 14.1. The predicted octanol–water partition coefficient (Wildman–Crippen LogP) is 6.20. The average Bonchev–Trinajstić information content (AvgIpc) is 3.38. The van der Waals surface area contributed by atoms with Gasteiger partial charge in [-0.05, 0) is 55.9 Å². The Morgan fingerprint density at radius 3 is 2.63 bits per heavy atom. The third-order valence-electron chi connectivity index (χ3n) is 8.00. The maximum Gasteiger partial charge on any atom is 0.272 e. The van der Waals surface area contributed by atoms with Crippen LogP contribution in [0.3, 0.4) is 0 Å². The summed E-state index contributed by atoms with van der Waals surface area (Å²) >= 11 is 0. The van der Waals surface area contributed by atoms with Crippen LogP contribution in [0.2, 0.25) is 0 Å². The van der Waals surface area contributed by atoms with Gasteiger partial charge in [-0.3, -0.25) is 14.5 Å². The SMILES string of the molecule is CCCCN(C(=O)c1ccc(F)c(F)c1)c1nc2n(c1C(=O)NC1CCCCC1OCc1ccccc1)CCCC2. The molecule has 0 saturated heterocycles. The van der Waals surface area contributed by atoms with Crippen molar-refractivity contribution in [2.24, 2.45) is 0 Å². The Kier molecular flexibility index (Phi) is 9.44. The van der Waals surface area contributed by atoms with Gasteiger partial charge in [0.2, 0.25) is 0 Å². The number of amides is 2. The normalized spacial score (nSPS) is 18.5. The molecule has 2 aromatic carbocycles. The fourth-order valence-electron chi connectivity index (χ4n) is 5.76. The van der Waals surface area contributed by atoms with Gasteiger partial charge >= 0.3 is 0 Å². The van der Waals surface area contributed by atoms with Gasteiger partial charge in [0.25, 0.3) is 11.8 Å². The van der Waals surface area contributed by atoms with E-state index in [9.17, 15) is 18.4 Å². The summed E-state index contributed by atoms with van der Waals surface area (Å²) in [6.45, 7) is 3.41. The zero-order valence-electron chi connectivity index (χ0n) is 23.6. The highest BCUT2D eigenvalue weighted by Gasteiger charge is 2.34. The molecular formula is C32H38F2N4O3. The van der Waals surface area contributed by atoms with Crippen molar-refractivity contribution in [1.29, 1.82) is 0 Å². The summed E-state index contributed by atoms with van der Waals surface area (Å²) in [6.07, 6.45) is 7.57. The lowest BCUT2D eigenvalue weighted by molar-refractivity contribution is -0.00470. The number of hydrogen-bond donors (Lipinski definition) is 1. The monoisotopic (exact) mass is 564 g/mol. The van der Waals surface area contributed by atoms with Crippen LogP contribution in [0.1, 0.15) is 90.5 Å². The summed E-state index contributed by atoms with van der Waals surface area (Å²) in [6, 6.07) is 12.9. The summed E-state index contributed by atoms with van der Waals surface area (Å²) in [5.41, 5.74) is 1.44. The van der Waals surface area contributed by atoms with Crippen LogP contribution >= 0.6 is 0 Å². The number of nitrogens with zero attached hydrogens (tertiary/aromatic N) is 3. The van der Waals surface area contributed by atoms with Crippen LogP contribution in [0.5, 0.6) is 0 Å². The molecule has 2 unspecified atom stereocenters. The first-order valence-electron chi connectivity index (χ1n) is 14.8. The van der Waals surface area contributed by atoms with Crippen molar-refractivity contribution >= 4 is 17.6 Å². The summed E-state index contributed by atoms with van der Waals surface area (Å²) in [5, 5.41) is 3.23. The second kappa shape index (κ2) is 13.4. The molecule has 2 atom stereocenters. The number of benzene rings is 2. The molecule has 1 saturated carbocycles. The molecule has 3 aromatic rings. The van der Waals surface area contributed by atoms with Gasteiger partial charge in [0, 0.05) is 25.1 Å². The highest BCUT2D eigenvalue weighted by atomic mass is 19.2. The molecule has 0 radical (unpaired) electrons. The molecule has 1 fully saturated rings. The van der Waals surface area contributed by atoms with Crippen molar-refractivity contribution in [2.75, 3.05) is 11.4 Å². The largest absolute Gasteiger partial charge is 0.371 e. The number of carbonyl (C=O) groups is 2. The molecular weight excluding hydrogens is 526 g/mol. The summed E-state index contributed by atoms with van der Waals surface area (Å²) < 4.78 is 35.9. The zero-order chi connectivity index (χ0) is 28.8. The molecule has 2 aliphatic rings. The van der Waals surface area contributed by atoms with E-state index in [-0.39, 0.29) is 29.4 Å². The van der Waals surface area contributed by atoms with Gasteiger partial charge in [-0.15, -0.1) is 0 Å². The van der Waals surface area contributed by atoms with Crippen molar-refractivity contribution in [3.63, 3.8) is 0 Å². The third kappa shape index (κ3) is 6.67. The van der Waals surface area contributed by atoms with E-state index in [0.29, 0.717) is 38.2 Å². The van der Waals surface area contributed by atoms with Crippen molar-refractivity contribution in [1.82, 2.24) is 14.9 Å². The fourth-order valence-corrected chi connectivity index (χ4v) is 5.76. The van der Waals surface area contributed by atoms with Crippen LogP contribution in [-0.2, 0) is 24.3 Å². The molecule has 9 heteroatoms. The minimum absolute atomic E-state index is 0.0130. The fraction of sp³-hybridized carbons (Fsp3) is 0.469. The predicted molar refractivity (Wildman–Crippen MR) is 153 cm³/mol. The van der Waals surface area contributed by atoms with E-state index in [4.69, 9.17) is 9.72 Å². The first-order chi connectivity index (χ1) is 20.0. The van der Waals surface area contributed by atoms with Gasteiger partial charge in [0.05, 0.1) is 18.8 Å². The Balaban J connectivity index is 1.43. The molecule has 1 N–H and O–H groups in total. The smallest absolute Gasteiger partial charge is 0.272 e. The van der Waals surface area contributed by atoms with Gasteiger partial charge in [-0.1, -0.05) is 56.5 Å². The minimum atomic E-state index is -1.09. The number of anilines is 1. The number of hydrogen-bond acceptors (Lipinski definition) is 4. The van der Waals surface area contributed by atoms with Gasteiger partial charge in [0.15, 0.2) is 23.1 Å². The number of halogens is 2. The highest BCUT2D eigenvalue weighted by Crippen LogP contribution is 2.30. The first kappa shape index (κ1) is 28.9. The van der Waals surface area contributed by atoms with E-state index in [1.54, 1.807) is 0 Å². The number of aryl methyl sites for hydroxylation is 1. The lowest BCUT2D eigenvalue weighted by Crippen LogP contribution is -2.47. The number of carbonyl (C=O) groups excluding carboxylic acids is 2. The summed E-state index contributed by atoms with van der Waals surface area (Å²) in [5.74, 6) is -1.87. The van der Waals surface area contributed by atoms with Gasteiger partial charge < -0.3 is 14.6 Å². The van der Waals surface area contributed by atoms with Crippen LogP contribution in [0, 0.1) is 11.6 Å². The molecule has 41 heavy (non-hydrogen) atoms. The Bertz CT molecular complexity index is 1360. The quantitative estimate of drug-likeness (QED) is 0.318. The van der Waals surface area contributed by atoms with Crippen molar-refractivity contribution in [3.8, 4) is 0 Å². The lowest BCUT2D eigenvalue weighted by Gasteiger charge is -2.32. The molecule has 1 aliphatic heterocycles. The number of imidazole rings is 1. The molecule has 7 nitrogen and oxygen atoms in total. The number of unbranched alkanes of at least 4 members (excludes halogenated alkanes) is 1. The first-order valence-corrected chi connectivity index (χ1v) is 14.8. The second-order valence-corrected chi connectivity index (χ2v) is 10.9. The standard InChI is InChI=1S/C32H38F2N4O3/c1-2-3-18-38(32(40)23-16-17-24(33)25(34)20-23)30-29(37-19-10-9-15-28(37)36-30)31(39)35-26-13-7-8-14-27(26)41-21-22-11-5-4-6-12-22/h4-6,11-12,16-17,20,26-27H,2-3,7-10,13-15,18-19,21H2,1H3,(H,35,39). The highest BCUT2D eigenvalue weighted by molar-refractivity contribution is 6.09. The molecule has 2 amide bonds. The third-order valence-corrected chi connectivity index (χ3v) is 8.00. The Morgan fingerprint density at radius 2 is 1.85 bits per heavy atom. The van der Waals surface area contributed by atoms with Gasteiger partial charge in [0.1, 0.15) is 5.82 Å². The number of nitrogens with one attached hydrogen (secondary N) is 1. The molecule has 218 valence electrons. The molecule has 1 aromatic heterocycles. The van der Waals surface area contributed by atoms with Gasteiger partial charge in [-0.25, -0.2) is 13.8 Å². The van der Waals surface area contributed by atoms with Crippen molar-refractivity contribution < 1.29 is 23.1 Å². The molecule has 2 heterocycles. The Morgan fingerprint density at radius 1 is 1.05 bits per heavy atom. The Hall–Kier alpha value is -3.59. The van der Waals surface area contributed by atoms with Crippen LogP contribution < -0.4 is 10.2 Å². The zero-order valence-corrected chi connectivity index (χ0v) is 23.6. The number of rotatable bonds is 10. The number of fused-ring (bicyclic) bond motifs is 1. The van der Waals surface area contributed by atoms with E-state index in [0.717, 1.165) is 68.5 Å². The van der Waals surface area contributed by atoms with Crippen LogP contribution in [0.25, 0.3) is 0 Å². The van der Waals surface area contributed by atoms with Crippen molar-refractivity contribution in [3.05, 3.63) is 82.8 Å².